The summed E-state index contributed by atoms with van der Waals surface area (Å²) in [7, 11) is 0. The van der Waals surface area contributed by atoms with E-state index in [9.17, 15) is 4.79 Å². The molecular formula is C17H22N8O. The summed E-state index contributed by atoms with van der Waals surface area (Å²) < 4.78 is 3.58. The molecule has 9 nitrogen and oxygen atoms in total. The number of hydrogen-bond acceptors (Lipinski definition) is 5. The first-order chi connectivity index (χ1) is 12.5. The Morgan fingerprint density at radius 1 is 1.27 bits per heavy atom. The molecule has 26 heavy (non-hydrogen) atoms. The first-order valence-corrected chi connectivity index (χ1v) is 8.41. The third-order valence-electron chi connectivity index (χ3n) is 3.87. The van der Waals surface area contributed by atoms with Crippen molar-refractivity contribution in [2.45, 2.75) is 33.9 Å². The molecule has 0 aliphatic carbocycles. The van der Waals surface area contributed by atoms with Crippen LogP contribution < -0.4 is 10.6 Å². The van der Waals surface area contributed by atoms with Crippen molar-refractivity contribution in [1.82, 2.24) is 35.1 Å². The number of tetrazole rings is 1. The molecule has 9 heteroatoms. The lowest BCUT2D eigenvalue weighted by atomic mass is 10.2. The Morgan fingerprint density at radius 2 is 2.12 bits per heavy atom. The van der Waals surface area contributed by atoms with Gasteiger partial charge in [0.2, 0.25) is 0 Å². The number of carbonyl (C=O) groups excluding carboxylic acids is 1. The van der Waals surface area contributed by atoms with Crippen LogP contribution >= 0.6 is 0 Å². The number of benzene rings is 1. The van der Waals surface area contributed by atoms with Gasteiger partial charge in [0.1, 0.15) is 6.33 Å². The zero-order valence-electron chi connectivity index (χ0n) is 15.0. The molecule has 3 rings (SSSR count). The lowest BCUT2D eigenvalue weighted by Crippen LogP contribution is -2.29. The van der Waals surface area contributed by atoms with Gasteiger partial charge in [-0.15, -0.1) is 5.10 Å². The maximum absolute atomic E-state index is 12.3. The van der Waals surface area contributed by atoms with Crippen LogP contribution in [-0.4, -0.2) is 35.8 Å². The predicted octanol–water partition coefficient (Wildman–Crippen LogP) is 2.14. The van der Waals surface area contributed by atoms with Gasteiger partial charge in [-0.3, -0.25) is 0 Å². The van der Waals surface area contributed by atoms with Gasteiger partial charge in [0, 0.05) is 18.4 Å². The SMILES string of the molecule is Cc1ccc(-n2cnnn2)cc1NC(=O)NCc1cncn1CC(C)C. The molecule has 0 aliphatic heterocycles. The summed E-state index contributed by atoms with van der Waals surface area (Å²) >= 11 is 0. The molecule has 0 saturated heterocycles. The van der Waals surface area contributed by atoms with Crippen LogP contribution in [0.3, 0.4) is 0 Å². The minimum atomic E-state index is -0.278. The smallest absolute Gasteiger partial charge is 0.319 e. The van der Waals surface area contributed by atoms with Crippen molar-refractivity contribution in [2.75, 3.05) is 5.32 Å². The second-order valence-corrected chi connectivity index (χ2v) is 6.49. The Kier molecular flexibility index (Phi) is 5.26. The average molecular weight is 354 g/mol. The van der Waals surface area contributed by atoms with Gasteiger partial charge in [-0.05, 0) is 41.0 Å². The fourth-order valence-corrected chi connectivity index (χ4v) is 2.56. The normalized spacial score (nSPS) is 10.9. The minimum absolute atomic E-state index is 0.278. The molecule has 0 radical (unpaired) electrons. The summed E-state index contributed by atoms with van der Waals surface area (Å²) in [6.07, 6.45) is 5.06. The van der Waals surface area contributed by atoms with E-state index in [2.05, 4.69) is 49.6 Å². The number of nitrogens with one attached hydrogen (secondary N) is 2. The third kappa shape index (κ3) is 4.24. The van der Waals surface area contributed by atoms with Gasteiger partial charge in [-0.25, -0.2) is 14.5 Å². The van der Waals surface area contributed by atoms with Crippen LogP contribution in [-0.2, 0) is 13.1 Å². The number of anilines is 1. The number of amides is 2. The molecule has 1 aromatic carbocycles. The highest BCUT2D eigenvalue weighted by Crippen LogP contribution is 2.18. The van der Waals surface area contributed by atoms with Gasteiger partial charge in [0.25, 0.3) is 0 Å². The van der Waals surface area contributed by atoms with E-state index in [1.165, 1.54) is 11.0 Å². The van der Waals surface area contributed by atoms with Gasteiger partial charge >= 0.3 is 6.03 Å². The van der Waals surface area contributed by atoms with Gasteiger partial charge in [-0.2, -0.15) is 0 Å². The largest absolute Gasteiger partial charge is 0.333 e. The second-order valence-electron chi connectivity index (χ2n) is 6.49. The number of imidazole rings is 1. The van der Waals surface area contributed by atoms with E-state index < -0.39 is 0 Å². The number of aromatic nitrogens is 6. The fraction of sp³-hybridized carbons (Fsp3) is 0.353. The van der Waals surface area contributed by atoms with Crippen molar-refractivity contribution in [3.63, 3.8) is 0 Å². The molecule has 0 aliphatic rings. The predicted molar refractivity (Wildman–Crippen MR) is 96.8 cm³/mol. The monoisotopic (exact) mass is 354 g/mol. The molecule has 2 amide bonds. The first-order valence-electron chi connectivity index (χ1n) is 8.41. The Balaban J connectivity index is 1.63. The topological polar surface area (TPSA) is 103 Å². The quantitative estimate of drug-likeness (QED) is 0.706. The summed E-state index contributed by atoms with van der Waals surface area (Å²) in [5.74, 6) is 0.508. The highest BCUT2D eigenvalue weighted by molar-refractivity contribution is 5.90. The molecule has 3 aromatic rings. The van der Waals surface area contributed by atoms with Crippen molar-refractivity contribution >= 4 is 11.7 Å². The van der Waals surface area contributed by atoms with Crippen molar-refractivity contribution < 1.29 is 4.79 Å². The molecular weight excluding hydrogens is 332 g/mol. The fourth-order valence-electron chi connectivity index (χ4n) is 2.56. The zero-order valence-corrected chi connectivity index (χ0v) is 15.0. The molecule has 2 N–H and O–H groups in total. The van der Waals surface area contributed by atoms with Crippen molar-refractivity contribution in [3.05, 3.63) is 48.3 Å². The maximum atomic E-state index is 12.3. The van der Waals surface area contributed by atoms with Crippen LogP contribution in [0.25, 0.3) is 5.69 Å². The van der Waals surface area contributed by atoms with Gasteiger partial charge in [0.15, 0.2) is 0 Å². The minimum Gasteiger partial charge on any atom is -0.333 e. The van der Waals surface area contributed by atoms with Crippen molar-refractivity contribution in [2.24, 2.45) is 5.92 Å². The van der Waals surface area contributed by atoms with Gasteiger partial charge < -0.3 is 15.2 Å². The first kappa shape index (κ1) is 17.6. The Labute approximate surface area is 151 Å². The summed E-state index contributed by atoms with van der Waals surface area (Å²) in [4.78, 5) is 16.5. The van der Waals surface area contributed by atoms with Crippen molar-refractivity contribution in [1.29, 1.82) is 0 Å². The van der Waals surface area contributed by atoms with Crippen LogP contribution in [0.15, 0.2) is 37.1 Å². The molecule has 2 heterocycles. The number of aryl methyl sites for hydroxylation is 1. The van der Waals surface area contributed by atoms with Crippen LogP contribution in [0.1, 0.15) is 25.1 Å². The number of rotatable bonds is 6. The van der Waals surface area contributed by atoms with Crippen LogP contribution in [0.4, 0.5) is 10.5 Å². The van der Waals surface area contributed by atoms with Gasteiger partial charge in [0.05, 0.1) is 24.3 Å². The Morgan fingerprint density at radius 3 is 2.85 bits per heavy atom. The van der Waals surface area contributed by atoms with E-state index in [4.69, 9.17) is 0 Å². The zero-order chi connectivity index (χ0) is 18.5. The molecule has 0 unspecified atom stereocenters. The van der Waals surface area contributed by atoms with E-state index in [1.54, 1.807) is 12.5 Å². The average Bonchev–Trinajstić information content (AvgIpc) is 3.26. The highest BCUT2D eigenvalue weighted by Gasteiger charge is 2.09. The number of nitrogens with zero attached hydrogens (tertiary/aromatic N) is 6. The van der Waals surface area contributed by atoms with Crippen LogP contribution in [0.2, 0.25) is 0 Å². The standard InChI is InChI=1S/C17H22N8O/c1-12(2)9-24-10-18-7-15(24)8-19-17(26)21-16-6-14(5-4-13(16)3)25-11-20-22-23-25/h4-7,10-12H,8-9H2,1-3H3,(H2,19,21,26). The molecule has 0 atom stereocenters. The van der Waals surface area contributed by atoms with E-state index in [0.29, 0.717) is 18.2 Å². The van der Waals surface area contributed by atoms with Crippen molar-refractivity contribution in [3.8, 4) is 5.69 Å². The van der Waals surface area contributed by atoms with E-state index in [1.807, 2.05) is 25.1 Å². The second kappa shape index (κ2) is 7.77. The molecule has 0 saturated carbocycles. The van der Waals surface area contributed by atoms with E-state index >= 15 is 0 Å². The molecule has 136 valence electrons. The molecule has 0 fully saturated rings. The Bertz CT molecular complexity index is 869. The lowest BCUT2D eigenvalue weighted by molar-refractivity contribution is 0.251. The third-order valence-corrected chi connectivity index (χ3v) is 3.87. The summed E-state index contributed by atoms with van der Waals surface area (Å²) in [6, 6.07) is 5.34. The maximum Gasteiger partial charge on any atom is 0.319 e. The Hall–Kier alpha value is -3.23. The number of carbonyl (C=O) groups is 1. The number of urea groups is 1. The van der Waals surface area contributed by atoms with Gasteiger partial charge in [-0.1, -0.05) is 19.9 Å². The summed E-state index contributed by atoms with van der Waals surface area (Å²) in [5, 5.41) is 16.8. The highest BCUT2D eigenvalue weighted by atomic mass is 16.2. The lowest BCUT2D eigenvalue weighted by Gasteiger charge is -2.13. The van der Waals surface area contributed by atoms with E-state index in [-0.39, 0.29) is 6.03 Å². The van der Waals surface area contributed by atoms with Crippen LogP contribution in [0, 0.1) is 12.8 Å². The summed E-state index contributed by atoms with van der Waals surface area (Å²) in [6.45, 7) is 7.49. The molecule has 0 spiro atoms. The molecule has 2 aromatic heterocycles. The molecule has 0 bridgehead atoms. The number of hydrogen-bond donors (Lipinski definition) is 2. The summed E-state index contributed by atoms with van der Waals surface area (Å²) in [5.41, 5.74) is 3.38. The van der Waals surface area contributed by atoms with Crippen LogP contribution in [0.5, 0.6) is 0 Å². The van der Waals surface area contributed by atoms with E-state index in [0.717, 1.165) is 23.5 Å².